The van der Waals surface area contributed by atoms with Crippen LogP contribution in [0.5, 0.6) is 0 Å². The van der Waals surface area contributed by atoms with Crippen molar-refractivity contribution in [3.8, 4) is 0 Å². The first-order valence-electron chi connectivity index (χ1n) is 5.39. The van der Waals surface area contributed by atoms with Gasteiger partial charge in [-0.3, -0.25) is 4.79 Å². The van der Waals surface area contributed by atoms with Crippen molar-refractivity contribution in [3.63, 3.8) is 0 Å². The van der Waals surface area contributed by atoms with E-state index < -0.39 is 0 Å². The zero-order valence-corrected chi connectivity index (χ0v) is 9.19. The van der Waals surface area contributed by atoms with Crippen molar-refractivity contribution >= 4 is 5.91 Å². The Kier molecular flexibility index (Phi) is 2.75. The van der Waals surface area contributed by atoms with Gasteiger partial charge in [-0.2, -0.15) is 0 Å². The molecule has 0 atom stereocenters. The van der Waals surface area contributed by atoms with Crippen LogP contribution in [-0.2, 0) is 0 Å². The van der Waals surface area contributed by atoms with E-state index in [1.807, 2.05) is 11.8 Å². The van der Waals surface area contributed by atoms with Gasteiger partial charge in [0.2, 0.25) is 5.76 Å². The minimum atomic E-state index is -0.0255. The Bertz CT molecular complexity index is 351. The third kappa shape index (κ3) is 2.19. The maximum absolute atomic E-state index is 11.9. The predicted molar refractivity (Wildman–Crippen MR) is 55.5 cm³/mol. The van der Waals surface area contributed by atoms with Crippen LogP contribution < -0.4 is 0 Å². The highest BCUT2D eigenvalue weighted by molar-refractivity contribution is 5.91. The Morgan fingerprint density at radius 2 is 2.20 bits per heavy atom. The van der Waals surface area contributed by atoms with Gasteiger partial charge in [-0.15, -0.1) is 0 Å². The first-order valence-corrected chi connectivity index (χ1v) is 5.39. The van der Waals surface area contributed by atoms with Gasteiger partial charge in [0.15, 0.2) is 0 Å². The second-order valence-electron chi connectivity index (χ2n) is 4.31. The lowest BCUT2D eigenvalue weighted by molar-refractivity contribution is 0.0655. The molecule has 1 aromatic heterocycles. The number of amides is 1. The summed E-state index contributed by atoms with van der Waals surface area (Å²) in [6.07, 6.45) is 2.16. The molecule has 0 bridgehead atoms. The van der Waals surface area contributed by atoms with E-state index in [1.165, 1.54) is 0 Å². The van der Waals surface area contributed by atoms with E-state index in [0.29, 0.717) is 5.76 Å². The first-order chi connectivity index (χ1) is 7.16. The summed E-state index contributed by atoms with van der Waals surface area (Å²) in [5.74, 6) is 1.06. The topological polar surface area (TPSA) is 46.3 Å². The van der Waals surface area contributed by atoms with Crippen LogP contribution >= 0.6 is 0 Å². The Labute approximate surface area is 89.2 Å². The summed E-state index contributed by atoms with van der Waals surface area (Å²) in [5.41, 5.74) is 0.753. The Hall–Kier alpha value is -1.32. The lowest BCUT2D eigenvalue weighted by Crippen LogP contribution is -2.37. The number of carbonyl (C=O) groups is 1. The predicted octanol–water partition coefficient (Wildman–Crippen LogP) is 1.86. The number of aromatic nitrogens is 1. The van der Waals surface area contributed by atoms with Crippen LogP contribution in [0.25, 0.3) is 0 Å². The molecule has 1 amide bonds. The molecule has 2 rings (SSSR count). The van der Waals surface area contributed by atoms with Gasteiger partial charge < -0.3 is 9.42 Å². The number of carbonyl (C=O) groups excluding carboxylic acids is 1. The Balaban J connectivity index is 2.02. The zero-order chi connectivity index (χ0) is 10.8. The molecule has 0 aromatic carbocycles. The quantitative estimate of drug-likeness (QED) is 0.707. The molecule has 0 N–H and O–H groups in total. The third-order valence-electron chi connectivity index (χ3n) is 2.91. The maximum Gasteiger partial charge on any atom is 0.292 e. The largest absolute Gasteiger partial charge is 0.351 e. The van der Waals surface area contributed by atoms with E-state index in [-0.39, 0.29) is 5.91 Å². The lowest BCUT2D eigenvalue weighted by atomic mass is 9.99. The highest BCUT2D eigenvalue weighted by Gasteiger charge is 2.23. The molecule has 1 aliphatic rings. The van der Waals surface area contributed by atoms with Crippen molar-refractivity contribution < 1.29 is 9.32 Å². The molecular formula is C11H16N2O2. The van der Waals surface area contributed by atoms with Crippen molar-refractivity contribution in [1.29, 1.82) is 0 Å². The minimum absolute atomic E-state index is 0.0255. The van der Waals surface area contributed by atoms with Gasteiger partial charge in [0, 0.05) is 19.2 Å². The maximum atomic E-state index is 11.9. The SMILES string of the molecule is Cc1cc(C(=O)N2CCC(C)CC2)on1. The molecule has 1 aromatic rings. The number of likely N-dealkylation sites (tertiary alicyclic amines) is 1. The second-order valence-corrected chi connectivity index (χ2v) is 4.31. The number of hydrogen-bond acceptors (Lipinski definition) is 3. The molecule has 82 valence electrons. The van der Waals surface area contributed by atoms with E-state index in [1.54, 1.807) is 6.07 Å². The fourth-order valence-electron chi connectivity index (χ4n) is 1.83. The van der Waals surface area contributed by atoms with Gasteiger partial charge >= 0.3 is 0 Å². The summed E-state index contributed by atoms with van der Waals surface area (Å²) >= 11 is 0. The average molecular weight is 208 g/mol. The van der Waals surface area contributed by atoms with E-state index in [2.05, 4.69) is 12.1 Å². The van der Waals surface area contributed by atoms with Crippen molar-refractivity contribution in [2.24, 2.45) is 5.92 Å². The molecule has 0 radical (unpaired) electrons. The third-order valence-corrected chi connectivity index (χ3v) is 2.91. The summed E-state index contributed by atoms with van der Waals surface area (Å²) in [6, 6.07) is 1.69. The van der Waals surface area contributed by atoms with Gasteiger partial charge in [-0.25, -0.2) is 0 Å². The molecule has 0 aliphatic carbocycles. The fourth-order valence-corrected chi connectivity index (χ4v) is 1.83. The molecule has 1 fully saturated rings. The van der Waals surface area contributed by atoms with E-state index >= 15 is 0 Å². The monoisotopic (exact) mass is 208 g/mol. The summed E-state index contributed by atoms with van der Waals surface area (Å²) in [4.78, 5) is 13.8. The number of rotatable bonds is 1. The fraction of sp³-hybridized carbons (Fsp3) is 0.636. The summed E-state index contributed by atoms with van der Waals surface area (Å²) in [7, 11) is 0. The smallest absolute Gasteiger partial charge is 0.292 e. The van der Waals surface area contributed by atoms with Crippen molar-refractivity contribution in [1.82, 2.24) is 10.1 Å². The van der Waals surface area contributed by atoms with Crippen molar-refractivity contribution in [3.05, 3.63) is 17.5 Å². The summed E-state index contributed by atoms with van der Waals surface area (Å²) < 4.78 is 4.96. The number of piperidine rings is 1. The average Bonchev–Trinajstić information content (AvgIpc) is 2.65. The molecule has 1 aliphatic heterocycles. The van der Waals surface area contributed by atoms with Crippen LogP contribution in [0.2, 0.25) is 0 Å². The standard InChI is InChI=1S/C11H16N2O2/c1-8-3-5-13(6-4-8)11(14)10-7-9(2)12-15-10/h7-8H,3-6H2,1-2H3. The molecule has 0 unspecified atom stereocenters. The molecule has 15 heavy (non-hydrogen) atoms. The van der Waals surface area contributed by atoms with Gasteiger partial charge in [-0.1, -0.05) is 12.1 Å². The van der Waals surface area contributed by atoms with Gasteiger partial charge in [-0.05, 0) is 25.7 Å². The number of nitrogens with zero attached hydrogens (tertiary/aromatic N) is 2. The van der Waals surface area contributed by atoms with Crippen LogP contribution in [0.1, 0.15) is 36.0 Å². The molecule has 1 saturated heterocycles. The van der Waals surface area contributed by atoms with E-state index in [4.69, 9.17) is 4.52 Å². The van der Waals surface area contributed by atoms with Crippen LogP contribution in [-0.4, -0.2) is 29.1 Å². The first kappa shape index (κ1) is 10.2. The summed E-state index contributed by atoms with van der Waals surface area (Å²) in [5, 5.41) is 3.72. The van der Waals surface area contributed by atoms with Crippen LogP contribution in [0, 0.1) is 12.8 Å². The Morgan fingerprint density at radius 3 is 2.73 bits per heavy atom. The van der Waals surface area contributed by atoms with Gasteiger partial charge in [0.25, 0.3) is 5.91 Å². The van der Waals surface area contributed by atoms with Crippen LogP contribution in [0.15, 0.2) is 10.6 Å². The number of aryl methyl sites for hydroxylation is 1. The molecule has 4 nitrogen and oxygen atoms in total. The summed E-state index contributed by atoms with van der Waals surface area (Å²) in [6.45, 7) is 5.71. The zero-order valence-electron chi connectivity index (χ0n) is 9.19. The molecule has 0 saturated carbocycles. The van der Waals surface area contributed by atoms with E-state index in [9.17, 15) is 4.79 Å². The Morgan fingerprint density at radius 1 is 1.53 bits per heavy atom. The van der Waals surface area contributed by atoms with Gasteiger partial charge in [0.1, 0.15) is 0 Å². The highest BCUT2D eigenvalue weighted by atomic mass is 16.5. The molecule has 4 heteroatoms. The van der Waals surface area contributed by atoms with Crippen molar-refractivity contribution in [2.75, 3.05) is 13.1 Å². The lowest BCUT2D eigenvalue weighted by Gasteiger charge is -2.29. The highest BCUT2D eigenvalue weighted by Crippen LogP contribution is 2.18. The van der Waals surface area contributed by atoms with E-state index in [0.717, 1.165) is 37.5 Å². The second kappa shape index (κ2) is 4.04. The van der Waals surface area contributed by atoms with Gasteiger partial charge in [0.05, 0.1) is 5.69 Å². The minimum Gasteiger partial charge on any atom is -0.351 e. The van der Waals surface area contributed by atoms with Crippen LogP contribution in [0.4, 0.5) is 0 Å². The normalized spacial score (nSPS) is 18.1. The van der Waals surface area contributed by atoms with Crippen molar-refractivity contribution in [2.45, 2.75) is 26.7 Å². The number of hydrogen-bond donors (Lipinski definition) is 0. The molecule has 2 heterocycles. The molecule has 0 spiro atoms. The molecular weight excluding hydrogens is 192 g/mol. The van der Waals surface area contributed by atoms with Crippen LogP contribution in [0.3, 0.4) is 0 Å².